The van der Waals surface area contributed by atoms with Gasteiger partial charge in [0.15, 0.2) is 0 Å². The molecule has 3 nitrogen and oxygen atoms in total. The van der Waals surface area contributed by atoms with Crippen LogP contribution in [0.5, 0.6) is 0 Å². The summed E-state index contributed by atoms with van der Waals surface area (Å²) in [5.41, 5.74) is 3.35. The second-order valence-corrected chi connectivity index (χ2v) is 4.89. The van der Waals surface area contributed by atoms with Crippen molar-refractivity contribution in [3.63, 3.8) is 0 Å². The van der Waals surface area contributed by atoms with Crippen molar-refractivity contribution < 1.29 is 9.90 Å². The van der Waals surface area contributed by atoms with Gasteiger partial charge in [0.05, 0.1) is 5.56 Å². The van der Waals surface area contributed by atoms with Gasteiger partial charge < -0.3 is 5.11 Å². The highest BCUT2D eigenvalue weighted by Crippen LogP contribution is 2.34. The zero-order chi connectivity index (χ0) is 12.0. The van der Waals surface area contributed by atoms with Crippen LogP contribution < -0.4 is 0 Å². The molecular formula is C13H10ClNO2S. The fourth-order valence-corrected chi connectivity index (χ4v) is 2.99. The average molecular weight is 280 g/mol. The molecule has 0 saturated heterocycles. The Labute approximate surface area is 114 Å². The van der Waals surface area contributed by atoms with Crippen molar-refractivity contribution in [3.05, 3.63) is 40.4 Å². The van der Waals surface area contributed by atoms with Gasteiger partial charge in [0.2, 0.25) is 0 Å². The number of rotatable bonds is 1. The minimum atomic E-state index is -0.893. The third-order valence-electron chi connectivity index (χ3n) is 2.86. The Hall–Kier alpha value is -1.65. The predicted octanol–water partition coefficient (Wildman–Crippen LogP) is 3.81. The molecule has 0 unspecified atom stereocenters. The maximum atomic E-state index is 11.1. The number of carbonyl (C=O) groups is 1. The number of hydrogen-bond donors (Lipinski definition) is 1. The molecule has 1 aromatic carbocycles. The highest BCUT2D eigenvalue weighted by Gasteiger charge is 2.15. The minimum absolute atomic E-state index is 0. The van der Waals surface area contributed by atoms with Crippen LogP contribution in [0.4, 0.5) is 0 Å². The van der Waals surface area contributed by atoms with Gasteiger partial charge in [-0.1, -0.05) is 0 Å². The molecule has 0 bridgehead atoms. The van der Waals surface area contributed by atoms with E-state index in [1.54, 1.807) is 29.7 Å². The van der Waals surface area contributed by atoms with E-state index in [2.05, 4.69) is 4.99 Å². The molecule has 1 N–H and O–H groups in total. The summed E-state index contributed by atoms with van der Waals surface area (Å²) in [5, 5.41) is 12.2. The number of carboxylic acid groups (broad SMARTS) is 1. The molecule has 0 aliphatic carbocycles. The molecule has 3 rings (SSSR count). The highest BCUT2D eigenvalue weighted by atomic mass is 35.5. The Bertz CT molecular complexity index is 700. The molecule has 0 radical (unpaired) electrons. The van der Waals surface area contributed by atoms with Gasteiger partial charge in [0.1, 0.15) is 0 Å². The Morgan fingerprint density at radius 1 is 1.39 bits per heavy atom. The molecule has 92 valence electrons. The molecule has 0 saturated carbocycles. The fourth-order valence-electron chi connectivity index (χ4n) is 2.02. The standard InChI is InChI=1S/C13H9NO2S.ClH/c1-7-4-14-5-9-6-17-11-3-8(13(15)16)2-10(7)12(9)11;/h2-6H,1H3,(H,15,16);1H. The number of nitrogens with zero attached hydrogens (tertiary/aromatic N) is 1. The second-order valence-electron chi connectivity index (χ2n) is 3.98. The van der Waals surface area contributed by atoms with Crippen LogP contribution in [0.3, 0.4) is 0 Å². The lowest BCUT2D eigenvalue weighted by Crippen LogP contribution is -1.97. The summed E-state index contributed by atoms with van der Waals surface area (Å²) < 4.78 is 0.996. The Kier molecular flexibility index (Phi) is 3.24. The molecule has 0 amide bonds. The Morgan fingerprint density at radius 2 is 2.17 bits per heavy atom. The monoisotopic (exact) mass is 279 g/mol. The predicted molar refractivity (Wildman–Crippen MR) is 77.3 cm³/mol. The normalized spacial score (nSPS) is 12.8. The first-order valence-corrected chi connectivity index (χ1v) is 6.03. The summed E-state index contributed by atoms with van der Waals surface area (Å²) in [5.74, 6) is -0.893. The van der Waals surface area contributed by atoms with Gasteiger partial charge in [-0.15, -0.1) is 23.7 Å². The van der Waals surface area contributed by atoms with Gasteiger partial charge in [0, 0.05) is 33.4 Å². The van der Waals surface area contributed by atoms with Crippen LogP contribution in [-0.4, -0.2) is 17.3 Å². The molecule has 0 fully saturated rings. The van der Waals surface area contributed by atoms with Crippen molar-refractivity contribution >= 4 is 51.6 Å². The van der Waals surface area contributed by atoms with Crippen LogP contribution in [0.1, 0.15) is 28.4 Å². The Balaban J connectivity index is 0.00000120. The van der Waals surface area contributed by atoms with Crippen LogP contribution in [-0.2, 0) is 0 Å². The number of halogens is 1. The van der Waals surface area contributed by atoms with Crippen molar-refractivity contribution in [3.8, 4) is 0 Å². The summed E-state index contributed by atoms with van der Waals surface area (Å²) in [6.07, 6.45) is 3.59. The lowest BCUT2D eigenvalue weighted by molar-refractivity contribution is 0.0697. The summed E-state index contributed by atoms with van der Waals surface area (Å²) in [4.78, 5) is 15.3. The molecule has 0 atom stereocenters. The molecule has 1 aliphatic rings. The van der Waals surface area contributed by atoms with E-state index in [4.69, 9.17) is 5.11 Å². The maximum absolute atomic E-state index is 11.1. The molecule has 18 heavy (non-hydrogen) atoms. The van der Waals surface area contributed by atoms with Crippen LogP contribution in [0.25, 0.3) is 15.7 Å². The SMILES string of the molecule is CC1=CN=Cc2csc3cc(C(=O)O)cc1c23.Cl. The first-order valence-electron chi connectivity index (χ1n) is 5.15. The van der Waals surface area contributed by atoms with Crippen LogP contribution in [0.2, 0.25) is 0 Å². The zero-order valence-corrected chi connectivity index (χ0v) is 11.1. The van der Waals surface area contributed by atoms with Gasteiger partial charge in [-0.3, -0.25) is 4.99 Å². The van der Waals surface area contributed by atoms with Gasteiger partial charge >= 0.3 is 5.97 Å². The summed E-state index contributed by atoms with van der Waals surface area (Å²) in [6, 6.07) is 3.45. The number of carboxylic acids is 1. The van der Waals surface area contributed by atoms with E-state index in [1.807, 2.05) is 18.5 Å². The van der Waals surface area contributed by atoms with E-state index in [-0.39, 0.29) is 12.4 Å². The number of benzene rings is 1. The summed E-state index contributed by atoms with van der Waals surface area (Å²) >= 11 is 1.55. The molecule has 0 spiro atoms. The average Bonchev–Trinajstić information content (AvgIpc) is 2.63. The van der Waals surface area contributed by atoms with E-state index in [9.17, 15) is 4.79 Å². The number of hydrogen-bond acceptors (Lipinski definition) is 3. The smallest absolute Gasteiger partial charge is 0.335 e. The van der Waals surface area contributed by atoms with E-state index < -0.39 is 5.97 Å². The van der Waals surface area contributed by atoms with Gasteiger partial charge in [-0.2, -0.15) is 0 Å². The second kappa shape index (κ2) is 4.55. The van der Waals surface area contributed by atoms with Gasteiger partial charge in [0.25, 0.3) is 0 Å². The van der Waals surface area contributed by atoms with Gasteiger partial charge in [-0.25, -0.2) is 4.79 Å². The number of aliphatic imine (C=N–C) groups is 1. The van der Waals surface area contributed by atoms with Crippen molar-refractivity contribution in [2.24, 2.45) is 4.99 Å². The zero-order valence-electron chi connectivity index (χ0n) is 9.51. The molecule has 5 heteroatoms. The van der Waals surface area contributed by atoms with Crippen LogP contribution in [0, 0.1) is 0 Å². The molecule has 2 aromatic rings. The van der Waals surface area contributed by atoms with Crippen molar-refractivity contribution in [1.29, 1.82) is 0 Å². The van der Waals surface area contributed by atoms with E-state index in [0.717, 1.165) is 26.8 Å². The van der Waals surface area contributed by atoms with E-state index >= 15 is 0 Å². The lowest BCUT2D eigenvalue weighted by atomic mass is 9.99. The van der Waals surface area contributed by atoms with Crippen molar-refractivity contribution in [2.75, 3.05) is 0 Å². The minimum Gasteiger partial charge on any atom is -0.478 e. The van der Waals surface area contributed by atoms with Crippen LogP contribution in [0.15, 0.2) is 28.7 Å². The third kappa shape index (κ3) is 1.83. The number of allylic oxidation sites excluding steroid dienone is 1. The third-order valence-corrected chi connectivity index (χ3v) is 3.80. The van der Waals surface area contributed by atoms with Crippen molar-refractivity contribution in [1.82, 2.24) is 0 Å². The summed E-state index contributed by atoms with van der Waals surface area (Å²) in [7, 11) is 0. The van der Waals surface area contributed by atoms with Crippen molar-refractivity contribution in [2.45, 2.75) is 6.92 Å². The van der Waals surface area contributed by atoms with E-state index in [1.165, 1.54) is 0 Å². The molecule has 2 heterocycles. The molecular weight excluding hydrogens is 270 g/mol. The largest absolute Gasteiger partial charge is 0.478 e. The van der Waals surface area contributed by atoms with Gasteiger partial charge in [-0.05, 0) is 30.2 Å². The maximum Gasteiger partial charge on any atom is 0.335 e. The summed E-state index contributed by atoms with van der Waals surface area (Å²) in [6.45, 7) is 1.95. The van der Waals surface area contributed by atoms with Crippen LogP contribution >= 0.6 is 23.7 Å². The number of thiophene rings is 1. The first kappa shape index (κ1) is 12.8. The quantitative estimate of drug-likeness (QED) is 0.863. The topological polar surface area (TPSA) is 49.7 Å². The fraction of sp³-hybridized carbons (Fsp3) is 0.0769. The lowest BCUT2D eigenvalue weighted by Gasteiger charge is -2.05. The molecule has 1 aliphatic heterocycles. The first-order chi connectivity index (χ1) is 8.16. The van der Waals surface area contributed by atoms with E-state index in [0.29, 0.717) is 5.56 Å². The highest BCUT2D eigenvalue weighted by molar-refractivity contribution is 7.17. The Morgan fingerprint density at radius 3 is 2.89 bits per heavy atom. The molecule has 1 aromatic heterocycles. The number of aromatic carboxylic acids is 1.